The average Bonchev–Trinajstić information content (AvgIpc) is 2.64. The van der Waals surface area contributed by atoms with Gasteiger partial charge in [0.05, 0.1) is 4.92 Å². The van der Waals surface area contributed by atoms with Crippen LogP contribution in [0, 0.1) is 10.1 Å². The maximum atomic E-state index is 12.4. The Bertz CT molecular complexity index is 942. The summed E-state index contributed by atoms with van der Waals surface area (Å²) in [4.78, 5) is 51.2. The largest absolute Gasteiger partial charge is 0.368 e. The second kappa shape index (κ2) is 7.21. The molecule has 1 saturated heterocycles. The van der Waals surface area contributed by atoms with Crippen LogP contribution in [0.1, 0.15) is 0 Å². The van der Waals surface area contributed by atoms with Gasteiger partial charge in [0.15, 0.2) is 0 Å². The van der Waals surface area contributed by atoms with E-state index in [1.807, 2.05) is 4.90 Å². The number of nitrogens with one attached hydrogen (secondary N) is 1. The van der Waals surface area contributed by atoms with E-state index in [9.17, 15) is 24.5 Å². The quantitative estimate of drug-likeness (QED) is 0.596. The fourth-order valence-electron chi connectivity index (χ4n) is 2.83. The predicted molar refractivity (Wildman–Crippen MR) is 93.2 cm³/mol. The van der Waals surface area contributed by atoms with Crippen LogP contribution in [0.25, 0.3) is 0 Å². The Labute approximate surface area is 147 Å². The number of anilines is 1. The van der Waals surface area contributed by atoms with Crippen LogP contribution in [0.15, 0.2) is 46.1 Å². The van der Waals surface area contributed by atoms with Gasteiger partial charge in [0.25, 0.3) is 11.2 Å². The van der Waals surface area contributed by atoms with Gasteiger partial charge in [-0.1, -0.05) is 6.07 Å². The minimum Gasteiger partial charge on any atom is -0.368 e. The lowest BCUT2D eigenvalue weighted by molar-refractivity contribution is -0.384. The Balaban J connectivity index is 1.62. The van der Waals surface area contributed by atoms with Crippen LogP contribution in [0.4, 0.5) is 11.4 Å². The summed E-state index contributed by atoms with van der Waals surface area (Å²) in [5.74, 6) is -0.224. The van der Waals surface area contributed by atoms with Gasteiger partial charge in [0, 0.05) is 56.3 Å². The molecule has 26 heavy (non-hydrogen) atoms. The van der Waals surface area contributed by atoms with E-state index in [1.54, 1.807) is 17.0 Å². The molecule has 0 spiro atoms. The van der Waals surface area contributed by atoms with E-state index in [0.717, 1.165) is 10.3 Å². The van der Waals surface area contributed by atoms with Crippen LogP contribution >= 0.6 is 0 Å². The van der Waals surface area contributed by atoms with Gasteiger partial charge in [-0.15, -0.1) is 0 Å². The van der Waals surface area contributed by atoms with Crippen molar-refractivity contribution in [1.82, 2.24) is 14.5 Å². The molecule has 0 saturated carbocycles. The van der Waals surface area contributed by atoms with Gasteiger partial charge in [-0.3, -0.25) is 29.3 Å². The fourth-order valence-corrected chi connectivity index (χ4v) is 2.83. The van der Waals surface area contributed by atoms with Crippen LogP contribution in [0.2, 0.25) is 0 Å². The number of carbonyl (C=O) groups is 1. The van der Waals surface area contributed by atoms with Gasteiger partial charge < -0.3 is 9.80 Å². The number of nitro groups is 1. The highest BCUT2D eigenvalue weighted by molar-refractivity contribution is 5.76. The van der Waals surface area contributed by atoms with Crippen LogP contribution in [0.5, 0.6) is 0 Å². The number of carbonyl (C=O) groups excluding carboxylic acids is 1. The van der Waals surface area contributed by atoms with Crippen molar-refractivity contribution in [1.29, 1.82) is 0 Å². The number of hydrogen-bond donors (Lipinski definition) is 1. The summed E-state index contributed by atoms with van der Waals surface area (Å²) in [5, 5.41) is 10.9. The van der Waals surface area contributed by atoms with E-state index in [1.165, 1.54) is 24.4 Å². The fraction of sp³-hybridized carbons (Fsp3) is 0.312. The third-order valence-corrected chi connectivity index (χ3v) is 4.24. The molecule has 0 unspecified atom stereocenters. The van der Waals surface area contributed by atoms with Crippen LogP contribution in [-0.4, -0.2) is 51.5 Å². The zero-order valence-electron chi connectivity index (χ0n) is 13.8. The van der Waals surface area contributed by atoms with E-state index in [4.69, 9.17) is 0 Å². The molecule has 1 aliphatic rings. The summed E-state index contributed by atoms with van der Waals surface area (Å²) in [6, 6.07) is 7.56. The number of H-pyrrole nitrogens is 1. The van der Waals surface area contributed by atoms with Gasteiger partial charge in [0.1, 0.15) is 6.54 Å². The second-order valence-electron chi connectivity index (χ2n) is 5.88. The molecule has 1 aromatic heterocycles. The molecular weight excluding hydrogens is 342 g/mol. The Hall–Kier alpha value is -3.43. The second-order valence-corrected chi connectivity index (χ2v) is 5.88. The first-order valence-electron chi connectivity index (χ1n) is 8.01. The summed E-state index contributed by atoms with van der Waals surface area (Å²) in [7, 11) is 0. The minimum absolute atomic E-state index is 0.0263. The molecule has 136 valence electrons. The predicted octanol–water partition coefficient (Wildman–Crippen LogP) is -0.206. The molecule has 10 nitrogen and oxygen atoms in total. The molecule has 1 aromatic carbocycles. The molecule has 1 fully saturated rings. The van der Waals surface area contributed by atoms with Crippen molar-refractivity contribution in [3.8, 4) is 0 Å². The minimum atomic E-state index is -0.624. The van der Waals surface area contributed by atoms with Gasteiger partial charge in [0.2, 0.25) is 5.91 Å². The van der Waals surface area contributed by atoms with Crippen molar-refractivity contribution in [2.24, 2.45) is 0 Å². The van der Waals surface area contributed by atoms with Crippen molar-refractivity contribution in [2.75, 3.05) is 31.1 Å². The summed E-state index contributed by atoms with van der Waals surface area (Å²) in [6.07, 6.45) is 1.29. The van der Waals surface area contributed by atoms with Gasteiger partial charge in [-0.05, 0) is 6.07 Å². The van der Waals surface area contributed by atoms with Crippen LogP contribution < -0.4 is 16.1 Å². The number of aromatic nitrogens is 2. The van der Waals surface area contributed by atoms with E-state index in [-0.39, 0.29) is 18.1 Å². The number of benzene rings is 1. The first-order chi connectivity index (χ1) is 12.4. The van der Waals surface area contributed by atoms with Gasteiger partial charge >= 0.3 is 5.69 Å². The Morgan fingerprint density at radius 1 is 1.15 bits per heavy atom. The molecule has 0 atom stereocenters. The molecule has 1 amide bonds. The number of amides is 1. The maximum absolute atomic E-state index is 12.4. The monoisotopic (exact) mass is 359 g/mol. The lowest BCUT2D eigenvalue weighted by atomic mass is 10.2. The number of hydrogen-bond acceptors (Lipinski definition) is 6. The Morgan fingerprint density at radius 2 is 1.88 bits per heavy atom. The molecule has 1 N–H and O–H groups in total. The molecule has 1 aliphatic heterocycles. The summed E-state index contributed by atoms with van der Waals surface area (Å²) in [5.41, 5.74) is -0.369. The zero-order valence-corrected chi connectivity index (χ0v) is 13.8. The van der Waals surface area contributed by atoms with E-state index in [0.29, 0.717) is 26.2 Å². The number of nitro benzene ring substituents is 1. The van der Waals surface area contributed by atoms with Crippen molar-refractivity contribution in [3.63, 3.8) is 0 Å². The molecule has 10 heteroatoms. The lowest BCUT2D eigenvalue weighted by Crippen LogP contribution is -2.50. The van der Waals surface area contributed by atoms with Crippen molar-refractivity contribution >= 4 is 17.3 Å². The molecule has 0 bridgehead atoms. The highest BCUT2D eigenvalue weighted by Gasteiger charge is 2.22. The zero-order chi connectivity index (χ0) is 18.7. The summed E-state index contributed by atoms with van der Waals surface area (Å²) >= 11 is 0. The van der Waals surface area contributed by atoms with E-state index >= 15 is 0 Å². The third kappa shape index (κ3) is 3.79. The van der Waals surface area contributed by atoms with Gasteiger partial charge in [-0.2, -0.15) is 0 Å². The van der Waals surface area contributed by atoms with Crippen molar-refractivity contribution in [2.45, 2.75) is 6.54 Å². The third-order valence-electron chi connectivity index (χ3n) is 4.24. The Kier molecular flexibility index (Phi) is 4.83. The smallest absolute Gasteiger partial charge is 0.328 e. The average molecular weight is 359 g/mol. The first-order valence-corrected chi connectivity index (χ1v) is 8.01. The lowest BCUT2D eigenvalue weighted by Gasteiger charge is -2.36. The van der Waals surface area contributed by atoms with E-state index in [2.05, 4.69) is 4.98 Å². The molecule has 0 radical (unpaired) electrons. The molecule has 2 heterocycles. The summed E-state index contributed by atoms with van der Waals surface area (Å²) in [6.45, 7) is 1.81. The number of piperazine rings is 1. The van der Waals surface area contributed by atoms with Crippen molar-refractivity contribution in [3.05, 3.63) is 67.5 Å². The molecule has 3 rings (SSSR count). The molecule has 2 aromatic rings. The highest BCUT2D eigenvalue weighted by Crippen LogP contribution is 2.22. The standard InChI is InChI=1S/C16H17N5O5/c22-14-4-5-20(16(24)17-14)11-15(23)19-8-6-18(7-9-19)12-2-1-3-13(10-12)21(25)26/h1-5,10H,6-9,11H2,(H,17,22,24). The number of rotatable bonds is 4. The number of nitrogens with zero attached hydrogens (tertiary/aromatic N) is 4. The highest BCUT2D eigenvalue weighted by atomic mass is 16.6. The van der Waals surface area contributed by atoms with Crippen molar-refractivity contribution < 1.29 is 9.72 Å². The SMILES string of the molecule is O=C(Cn1ccc(=O)[nH]c1=O)N1CCN(c2cccc([N+](=O)[O-])c2)CC1. The number of aromatic amines is 1. The molecule has 0 aliphatic carbocycles. The molecular formula is C16H17N5O5. The maximum Gasteiger partial charge on any atom is 0.328 e. The Morgan fingerprint density at radius 3 is 2.54 bits per heavy atom. The summed E-state index contributed by atoms with van der Waals surface area (Å²) < 4.78 is 1.15. The van der Waals surface area contributed by atoms with E-state index < -0.39 is 16.2 Å². The topological polar surface area (TPSA) is 122 Å². The normalized spacial score (nSPS) is 14.3. The van der Waals surface area contributed by atoms with Crippen LogP contribution in [-0.2, 0) is 11.3 Å². The van der Waals surface area contributed by atoms with Crippen LogP contribution in [0.3, 0.4) is 0 Å². The van der Waals surface area contributed by atoms with Gasteiger partial charge in [-0.25, -0.2) is 4.79 Å². The number of non-ortho nitro benzene ring substituents is 1. The first kappa shape index (κ1) is 17.4.